The molecular weight excluding hydrogens is 369 g/mol. The minimum absolute atomic E-state index is 0. The normalized spacial score (nSPS) is 19.8. The predicted molar refractivity (Wildman–Crippen MR) is 99.0 cm³/mol. The van der Waals surface area contributed by atoms with Crippen LogP contribution in [0, 0.1) is 5.92 Å². The molecule has 2 rings (SSSR count). The van der Waals surface area contributed by atoms with E-state index in [1.54, 1.807) is 4.90 Å². The molecule has 1 saturated heterocycles. The van der Waals surface area contributed by atoms with E-state index in [4.69, 9.17) is 5.73 Å². The topological polar surface area (TPSA) is 121 Å². The Balaban J connectivity index is 0.00000288. The van der Waals surface area contributed by atoms with Gasteiger partial charge in [0, 0.05) is 50.8 Å². The molecule has 2 amide bonds. The molecule has 10 heteroatoms. The lowest BCUT2D eigenvalue weighted by Crippen LogP contribution is -2.42. The Hall–Kier alpha value is -1.64. The van der Waals surface area contributed by atoms with Gasteiger partial charge < -0.3 is 20.9 Å². The molecule has 1 aromatic rings. The summed E-state index contributed by atoms with van der Waals surface area (Å²) in [7, 11) is 0. The summed E-state index contributed by atoms with van der Waals surface area (Å²) in [6, 6.07) is 1.32. The third kappa shape index (κ3) is 7.41. The Kier molecular flexibility index (Phi) is 10.3. The van der Waals surface area contributed by atoms with Gasteiger partial charge >= 0.3 is 0 Å². The largest absolute Gasteiger partial charge is 0.355 e. The number of carbonyl (C=O) groups excluding carboxylic acids is 2. The van der Waals surface area contributed by atoms with Crippen LogP contribution in [0.3, 0.4) is 0 Å². The van der Waals surface area contributed by atoms with Gasteiger partial charge in [0.25, 0.3) is 5.56 Å². The molecule has 1 fully saturated rings. The molecule has 0 aliphatic carbocycles. The molecule has 1 aliphatic rings. The van der Waals surface area contributed by atoms with Crippen LogP contribution in [0.4, 0.5) is 0 Å². The van der Waals surface area contributed by atoms with E-state index >= 15 is 0 Å². The second-order valence-corrected chi connectivity index (χ2v) is 5.90. The Morgan fingerprint density at radius 3 is 2.72 bits per heavy atom. The zero-order valence-corrected chi connectivity index (χ0v) is 15.7. The lowest BCUT2D eigenvalue weighted by molar-refractivity contribution is -0.131. The SMILES string of the molecule is CC(=O)N1C[C@@H](N)CC[C@@H](C(=O)NCCc2cc(=O)[nH]cn2)C1.Cl.Cl. The maximum atomic E-state index is 12.3. The molecule has 142 valence electrons. The summed E-state index contributed by atoms with van der Waals surface area (Å²) in [6.45, 7) is 2.79. The molecule has 1 aliphatic heterocycles. The monoisotopic (exact) mass is 393 g/mol. The number of aromatic amines is 1. The number of H-pyrrole nitrogens is 1. The van der Waals surface area contributed by atoms with E-state index in [1.807, 2.05) is 0 Å². The minimum Gasteiger partial charge on any atom is -0.355 e. The van der Waals surface area contributed by atoms with E-state index in [9.17, 15) is 14.4 Å². The molecule has 0 radical (unpaired) electrons. The number of hydrogen-bond donors (Lipinski definition) is 3. The number of likely N-dealkylation sites (tertiary alicyclic amines) is 1. The van der Waals surface area contributed by atoms with E-state index in [-0.39, 0.29) is 54.1 Å². The molecule has 1 aromatic heterocycles. The van der Waals surface area contributed by atoms with Crippen LogP contribution in [0.5, 0.6) is 0 Å². The van der Waals surface area contributed by atoms with Gasteiger partial charge in [0.2, 0.25) is 11.8 Å². The number of carbonyl (C=O) groups is 2. The van der Waals surface area contributed by atoms with E-state index in [2.05, 4.69) is 15.3 Å². The standard InChI is InChI=1S/C15H23N5O3.2ClH/c1-10(21)20-7-11(2-3-12(16)8-20)15(23)17-5-4-13-6-14(22)19-9-18-13;;/h6,9,11-12H,2-5,7-8,16H2,1H3,(H,17,23)(H,18,19,22);2*1H/t11-,12+;;/m1../s1. The van der Waals surface area contributed by atoms with Gasteiger partial charge in [-0.1, -0.05) is 0 Å². The summed E-state index contributed by atoms with van der Waals surface area (Å²) >= 11 is 0. The van der Waals surface area contributed by atoms with Crippen LogP contribution < -0.4 is 16.6 Å². The van der Waals surface area contributed by atoms with Gasteiger partial charge in [-0.25, -0.2) is 4.98 Å². The summed E-state index contributed by atoms with van der Waals surface area (Å²) in [4.78, 5) is 43.2. The fraction of sp³-hybridized carbons (Fsp3) is 0.600. The van der Waals surface area contributed by atoms with Gasteiger partial charge in [-0.05, 0) is 12.8 Å². The van der Waals surface area contributed by atoms with E-state index in [1.165, 1.54) is 19.3 Å². The second kappa shape index (κ2) is 11.1. The maximum absolute atomic E-state index is 12.3. The molecule has 2 heterocycles. The lowest BCUT2D eigenvalue weighted by Gasteiger charge is -2.23. The average Bonchev–Trinajstić information content (AvgIpc) is 2.69. The number of hydrogen-bond acceptors (Lipinski definition) is 5. The third-order valence-electron chi connectivity index (χ3n) is 4.01. The maximum Gasteiger partial charge on any atom is 0.250 e. The van der Waals surface area contributed by atoms with Gasteiger partial charge in [0.1, 0.15) is 0 Å². The van der Waals surface area contributed by atoms with Crippen molar-refractivity contribution in [2.45, 2.75) is 32.2 Å². The zero-order valence-electron chi connectivity index (χ0n) is 14.1. The van der Waals surface area contributed by atoms with Crippen LogP contribution in [0.2, 0.25) is 0 Å². The Bertz CT molecular complexity index is 625. The van der Waals surface area contributed by atoms with Gasteiger partial charge in [0.15, 0.2) is 0 Å². The Labute approximate surface area is 158 Å². The molecular formula is C15H25Cl2N5O3. The lowest BCUT2D eigenvalue weighted by atomic mass is 10.0. The summed E-state index contributed by atoms with van der Waals surface area (Å²) < 4.78 is 0. The number of amides is 2. The molecule has 0 bridgehead atoms. The van der Waals surface area contributed by atoms with E-state index in [0.29, 0.717) is 38.2 Å². The van der Waals surface area contributed by atoms with Crippen molar-refractivity contribution in [1.82, 2.24) is 20.2 Å². The van der Waals surface area contributed by atoms with Crippen molar-refractivity contribution in [3.05, 3.63) is 28.4 Å². The van der Waals surface area contributed by atoms with Gasteiger partial charge in [-0.3, -0.25) is 14.4 Å². The highest BCUT2D eigenvalue weighted by atomic mass is 35.5. The summed E-state index contributed by atoms with van der Waals surface area (Å²) in [5, 5.41) is 2.85. The fourth-order valence-corrected chi connectivity index (χ4v) is 2.70. The minimum atomic E-state index is -0.250. The highest BCUT2D eigenvalue weighted by Crippen LogP contribution is 2.16. The molecule has 0 aromatic carbocycles. The van der Waals surface area contributed by atoms with Crippen LogP contribution in [0.15, 0.2) is 17.2 Å². The van der Waals surface area contributed by atoms with Gasteiger partial charge in [-0.15, -0.1) is 24.8 Å². The molecule has 8 nitrogen and oxygen atoms in total. The van der Waals surface area contributed by atoms with Crippen molar-refractivity contribution in [2.24, 2.45) is 11.7 Å². The van der Waals surface area contributed by atoms with Crippen molar-refractivity contribution < 1.29 is 9.59 Å². The van der Waals surface area contributed by atoms with Crippen LogP contribution in [-0.2, 0) is 16.0 Å². The van der Waals surface area contributed by atoms with E-state index in [0.717, 1.165) is 6.42 Å². The summed E-state index contributed by atoms with van der Waals surface area (Å²) in [5.74, 6) is -0.400. The van der Waals surface area contributed by atoms with Crippen LogP contribution in [0.1, 0.15) is 25.5 Å². The number of halogens is 2. The van der Waals surface area contributed by atoms with Crippen LogP contribution in [0.25, 0.3) is 0 Å². The number of nitrogens with one attached hydrogen (secondary N) is 2. The van der Waals surface area contributed by atoms with Crippen molar-refractivity contribution in [1.29, 1.82) is 0 Å². The summed E-state index contributed by atoms with van der Waals surface area (Å²) in [6.07, 6.45) is 3.22. The number of aromatic nitrogens is 2. The molecule has 0 saturated carbocycles. The third-order valence-corrected chi connectivity index (χ3v) is 4.01. The molecule has 25 heavy (non-hydrogen) atoms. The fourth-order valence-electron chi connectivity index (χ4n) is 2.70. The number of rotatable bonds is 4. The smallest absolute Gasteiger partial charge is 0.250 e. The molecule has 2 atom stereocenters. The highest BCUT2D eigenvalue weighted by Gasteiger charge is 2.28. The van der Waals surface area contributed by atoms with Crippen molar-refractivity contribution in [3.8, 4) is 0 Å². The predicted octanol–water partition coefficient (Wildman–Crippen LogP) is -0.142. The van der Waals surface area contributed by atoms with Crippen molar-refractivity contribution in [3.63, 3.8) is 0 Å². The van der Waals surface area contributed by atoms with Gasteiger partial charge in [-0.2, -0.15) is 0 Å². The first-order chi connectivity index (χ1) is 11.0. The van der Waals surface area contributed by atoms with Crippen LogP contribution >= 0.6 is 24.8 Å². The van der Waals surface area contributed by atoms with Crippen LogP contribution in [-0.4, -0.2) is 52.4 Å². The Morgan fingerprint density at radius 2 is 2.08 bits per heavy atom. The quantitative estimate of drug-likeness (QED) is 0.656. The first-order valence-corrected chi connectivity index (χ1v) is 7.78. The first-order valence-electron chi connectivity index (χ1n) is 7.78. The first kappa shape index (κ1) is 23.4. The number of nitrogens with zero attached hydrogens (tertiary/aromatic N) is 2. The summed E-state index contributed by atoms with van der Waals surface area (Å²) in [5.41, 5.74) is 6.36. The molecule has 4 N–H and O–H groups in total. The van der Waals surface area contributed by atoms with Gasteiger partial charge in [0.05, 0.1) is 12.2 Å². The highest BCUT2D eigenvalue weighted by molar-refractivity contribution is 5.85. The van der Waals surface area contributed by atoms with Crippen molar-refractivity contribution in [2.75, 3.05) is 19.6 Å². The average molecular weight is 394 g/mol. The van der Waals surface area contributed by atoms with Crippen molar-refractivity contribution >= 4 is 36.6 Å². The Morgan fingerprint density at radius 1 is 1.36 bits per heavy atom. The second-order valence-electron chi connectivity index (χ2n) is 5.90. The zero-order chi connectivity index (χ0) is 16.8. The molecule has 0 spiro atoms. The molecule has 0 unspecified atom stereocenters. The van der Waals surface area contributed by atoms with E-state index < -0.39 is 0 Å². The number of nitrogens with two attached hydrogens (primary N) is 1.